The minimum atomic E-state index is 0. The first-order valence-electron chi connectivity index (χ1n) is 3.74. The van der Waals surface area contributed by atoms with Gasteiger partial charge in [-0.3, -0.25) is 0 Å². The molecule has 0 heterocycles. The van der Waals surface area contributed by atoms with Crippen LogP contribution in [0.2, 0.25) is 0 Å². The summed E-state index contributed by atoms with van der Waals surface area (Å²) >= 11 is 4.17. The van der Waals surface area contributed by atoms with Gasteiger partial charge in [0.25, 0.3) is 0 Å². The van der Waals surface area contributed by atoms with Crippen LogP contribution in [0.15, 0.2) is 29.2 Å². The zero-order valence-electron chi connectivity index (χ0n) is 6.58. The van der Waals surface area contributed by atoms with Crippen molar-refractivity contribution in [1.29, 1.82) is 0 Å². The summed E-state index contributed by atoms with van der Waals surface area (Å²) in [5.41, 5.74) is 0. The van der Waals surface area contributed by atoms with Gasteiger partial charge in [-0.1, -0.05) is 6.92 Å². The normalized spacial score (nSPS) is 8.83. The molecule has 1 aromatic carbocycles. The summed E-state index contributed by atoms with van der Waals surface area (Å²) in [5.74, 6) is 0.921. The van der Waals surface area contributed by atoms with Gasteiger partial charge in [0.05, 0.1) is 6.61 Å². The Hall–Kier alpha value is 0.370. The summed E-state index contributed by atoms with van der Waals surface area (Å²) in [6.07, 6.45) is 1.04. The van der Waals surface area contributed by atoms with Gasteiger partial charge in [0.15, 0.2) is 0 Å². The van der Waals surface area contributed by atoms with Crippen LogP contribution in [-0.2, 0) is 0 Å². The summed E-state index contributed by atoms with van der Waals surface area (Å²) in [6, 6.07) is 7.71. The molecule has 0 saturated carbocycles. The number of benzene rings is 1. The van der Waals surface area contributed by atoms with E-state index in [2.05, 4.69) is 19.6 Å². The predicted octanol–water partition coefficient (Wildman–Crippen LogP) is 2.12. The monoisotopic (exact) mass is 192 g/mol. The third-order valence-corrected chi connectivity index (χ3v) is 1.61. The molecule has 0 aliphatic carbocycles. The van der Waals surface area contributed by atoms with E-state index in [4.69, 9.17) is 4.74 Å². The van der Waals surface area contributed by atoms with Crippen LogP contribution in [0.1, 0.15) is 13.3 Å². The van der Waals surface area contributed by atoms with Gasteiger partial charge in [0.2, 0.25) is 0 Å². The summed E-state index contributed by atoms with van der Waals surface area (Å²) in [6.45, 7) is 2.87. The van der Waals surface area contributed by atoms with E-state index in [0.717, 1.165) is 23.7 Å². The molecule has 1 aromatic rings. The second-order valence-corrected chi connectivity index (χ2v) is 2.86. The van der Waals surface area contributed by atoms with Crippen LogP contribution in [0, 0.1) is 0 Å². The Morgan fingerprint density at radius 3 is 2.33 bits per heavy atom. The molecule has 0 radical (unpaired) electrons. The molecule has 1 nitrogen and oxygen atoms in total. The predicted molar refractivity (Wildman–Crippen MR) is 56.6 cm³/mol. The van der Waals surface area contributed by atoms with Gasteiger partial charge in [-0.05, 0) is 30.7 Å². The van der Waals surface area contributed by atoms with Crippen LogP contribution in [0.3, 0.4) is 0 Å². The summed E-state index contributed by atoms with van der Waals surface area (Å²) in [7, 11) is 0. The molecule has 0 unspecified atom stereocenters. The molecule has 0 fully saturated rings. The van der Waals surface area contributed by atoms with E-state index in [0.29, 0.717) is 0 Å². The molecular formula is C9H13NaOS. The number of ether oxygens (including phenoxy) is 1. The standard InChI is InChI=1S/C9H12OS.Na.H/c1-2-7-10-8-3-5-9(11)6-4-8;;/h3-6,11H,2,7H2,1H3;;. The molecular weight excluding hydrogens is 179 g/mol. The molecule has 0 saturated heterocycles. The Balaban J connectivity index is 0.00000121. The average Bonchev–Trinajstić information content (AvgIpc) is 2.04. The first kappa shape index (κ1) is 12.4. The first-order valence-corrected chi connectivity index (χ1v) is 4.19. The zero-order chi connectivity index (χ0) is 8.10. The Kier molecular flexibility index (Phi) is 7.05. The number of rotatable bonds is 3. The van der Waals surface area contributed by atoms with Gasteiger partial charge in [-0.25, -0.2) is 0 Å². The maximum atomic E-state index is 5.38. The Morgan fingerprint density at radius 1 is 1.25 bits per heavy atom. The third-order valence-electron chi connectivity index (χ3n) is 1.31. The molecule has 0 amide bonds. The van der Waals surface area contributed by atoms with Crippen molar-refractivity contribution < 1.29 is 4.74 Å². The molecule has 1 rings (SSSR count). The minimum absolute atomic E-state index is 0. The van der Waals surface area contributed by atoms with Crippen molar-refractivity contribution in [3.05, 3.63) is 24.3 Å². The van der Waals surface area contributed by atoms with Crippen molar-refractivity contribution >= 4 is 42.2 Å². The molecule has 0 aromatic heterocycles. The molecule has 0 atom stereocenters. The van der Waals surface area contributed by atoms with Crippen molar-refractivity contribution in [1.82, 2.24) is 0 Å². The van der Waals surface area contributed by atoms with Gasteiger partial charge >= 0.3 is 29.6 Å². The Bertz CT molecular complexity index is 210. The number of hydrogen-bond donors (Lipinski definition) is 1. The summed E-state index contributed by atoms with van der Waals surface area (Å²) < 4.78 is 5.38. The van der Waals surface area contributed by atoms with E-state index in [-0.39, 0.29) is 29.6 Å². The fourth-order valence-electron chi connectivity index (χ4n) is 0.762. The topological polar surface area (TPSA) is 9.23 Å². The molecule has 0 N–H and O–H groups in total. The molecule has 3 heteroatoms. The van der Waals surface area contributed by atoms with Crippen molar-refractivity contribution in [3.8, 4) is 5.75 Å². The Labute approximate surface area is 101 Å². The van der Waals surface area contributed by atoms with Crippen LogP contribution in [0.5, 0.6) is 5.75 Å². The number of hydrogen-bond acceptors (Lipinski definition) is 2. The molecule has 12 heavy (non-hydrogen) atoms. The van der Waals surface area contributed by atoms with E-state index in [9.17, 15) is 0 Å². The summed E-state index contributed by atoms with van der Waals surface area (Å²) in [5, 5.41) is 0. The van der Waals surface area contributed by atoms with Crippen LogP contribution < -0.4 is 4.74 Å². The quantitative estimate of drug-likeness (QED) is 0.570. The third kappa shape index (κ3) is 4.41. The van der Waals surface area contributed by atoms with Gasteiger partial charge in [0, 0.05) is 4.90 Å². The van der Waals surface area contributed by atoms with Crippen LogP contribution in [-0.4, -0.2) is 36.2 Å². The first-order chi connectivity index (χ1) is 5.33. The fourth-order valence-corrected chi connectivity index (χ4v) is 0.911. The van der Waals surface area contributed by atoms with Crippen molar-refractivity contribution in [3.63, 3.8) is 0 Å². The van der Waals surface area contributed by atoms with E-state index in [1.165, 1.54) is 0 Å². The van der Waals surface area contributed by atoms with Gasteiger partial charge in [-0.2, -0.15) is 0 Å². The zero-order valence-corrected chi connectivity index (χ0v) is 7.47. The number of thiol groups is 1. The van der Waals surface area contributed by atoms with E-state index in [1.807, 2.05) is 24.3 Å². The summed E-state index contributed by atoms with van der Waals surface area (Å²) in [4.78, 5) is 0.967. The van der Waals surface area contributed by atoms with Gasteiger partial charge < -0.3 is 4.74 Å². The molecule has 0 bridgehead atoms. The van der Waals surface area contributed by atoms with Crippen molar-refractivity contribution in [2.24, 2.45) is 0 Å². The molecule has 0 aliphatic heterocycles. The van der Waals surface area contributed by atoms with Gasteiger partial charge in [0.1, 0.15) is 5.75 Å². The average molecular weight is 192 g/mol. The van der Waals surface area contributed by atoms with E-state index in [1.54, 1.807) is 0 Å². The molecule has 0 spiro atoms. The van der Waals surface area contributed by atoms with Crippen molar-refractivity contribution in [2.75, 3.05) is 6.61 Å². The van der Waals surface area contributed by atoms with Gasteiger partial charge in [-0.15, -0.1) is 12.6 Å². The van der Waals surface area contributed by atoms with Crippen LogP contribution in [0.25, 0.3) is 0 Å². The van der Waals surface area contributed by atoms with Crippen LogP contribution >= 0.6 is 12.6 Å². The Morgan fingerprint density at radius 2 is 1.83 bits per heavy atom. The molecule has 62 valence electrons. The maximum absolute atomic E-state index is 5.38. The second-order valence-electron chi connectivity index (χ2n) is 2.34. The van der Waals surface area contributed by atoms with Crippen LogP contribution in [0.4, 0.5) is 0 Å². The SMILES string of the molecule is CCCOc1ccc(S)cc1.[NaH]. The molecule has 0 aliphatic rings. The second kappa shape index (κ2) is 6.84. The van der Waals surface area contributed by atoms with E-state index < -0.39 is 0 Å². The fraction of sp³-hybridized carbons (Fsp3) is 0.333. The van der Waals surface area contributed by atoms with Crippen molar-refractivity contribution in [2.45, 2.75) is 18.2 Å². The van der Waals surface area contributed by atoms with E-state index >= 15 is 0 Å².